The van der Waals surface area contributed by atoms with Crippen LogP contribution in [0.4, 0.5) is 0 Å². The molecule has 0 saturated carbocycles. The number of phenols is 1. The predicted molar refractivity (Wildman–Crippen MR) is 92.6 cm³/mol. The van der Waals surface area contributed by atoms with Gasteiger partial charge in [-0.1, -0.05) is 34.1 Å². The molecule has 1 aromatic heterocycles. The number of hydrogen-bond acceptors (Lipinski definition) is 3. The van der Waals surface area contributed by atoms with Gasteiger partial charge in [0.1, 0.15) is 24.4 Å². The van der Waals surface area contributed by atoms with Crippen molar-refractivity contribution in [2.75, 3.05) is 7.05 Å². The van der Waals surface area contributed by atoms with Gasteiger partial charge in [-0.15, -0.1) is 0 Å². The van der Waals surface area contributed by atoms with E-state index >= 15 is 0 Å². The summed E-state index contributed by atoms with van der Waals surface area (Å²) in [6, 6.07) is 14.5. The zero-order valence-electron chi connectivity index (χ0n) is 12.7. The van der Waals surface area contributed by atoms with Gasteiger partial charge in [-0.2, -0.15) is 0 Å². The molecule has 5 heteroatoms. The zero-order valence-corrected chi connectivity index (χ0v) is 14.3. The Morgan fingerprint density at radius 2 is 1.83 bits per heavy atom. The topological polar surface area (TPSA) is 54.9 Å². The molecule has 1 atom stereocenters. The van der Waals surface area contributed by atoms with E-state index in [0.717, 1.165) is 22.0 Å². The number of benzene rings is 2. The summed E-state index contributed by atoms with van der Waals surface area (Å²) in [6.07, 6.45) is 0. The average Bonchev–Trinajstić information content (AvgIpc) is 2.49. The van der Waals surface area contributed by atoms with Crippen molar-refractivity contribution in [2.24, 2.45) is 0 Å². The quantitative estimate of drug-likeness (QED) is 0.689. The highest BCUT2D eigenvalue weighted by Crippen LogP contribution is 2.21. The summed E-state index contributed by atoms with van der Waals surface area (Å²) < 4.78 is 6.25. The van der Waals surface area contributed by atoms with Crippen LogP contribution in [0.1, 0.15) is 11.1 Å². The monoisotopic (exact) mass is 374 g/mol. The predicted octanol–water partition coefficient (Wildman–Crippen LogP) is 2.48. The lowest BCUT2D eigenvalue weighted by Crippen LogP contribution is -3.06. The second kappa shape index (κ2) is 6.56. The van der Waals surface area contributed by atoms with Crippen LogP contribution in [0.5, 0.6) is 5.75 Å². The zero-order chi connectivity index (χ0) is 16.4. The molecule has 4 nitrogen and oxygen atoms in total. The van der Waals surface area contributed by atoms with Gasteiger partial charge in [-0.3, -0.25) is 0 Å². The number of halogens is 1. The number of hydrogen-bond donors (Lipinski definition) is 2. The number of nitrogens with one attached hydrogen (secondary N) is 1. The Balaban J connectivity index is 1.89. The van der Waals surface area contributed by atoms with Crippen molar-refractivity contribution in [3.8, 4) is 5.75 Å². The van der Waals surface area contributed by atoms with E-state index < -0.39 is 5.63 Å². The first kappa shape index (κ1) is 15.8. The molecular formula is C18H17BrNO3+. The van der Waals surface area contributed by atoms with Gasteiger partial charge in [-0.05, 0) is 18.2 Å². The summed E-state index contributed by atoms with van der Waals surface area (Å²) in [4.78, 5) is 13.0. The van der Waals surface area contributed by atoms with Gasteiger partial charge in [-0.25, -0.2) is 4.79 Å². The first-order valence-corrected chi connectivity index (χ1v) is 8.12. The van der Waals surface area contributed by atoms with Crippen molar-refractivity contribution in [3.63, 3.8) is 0 Å². The summed E-state index contributed by atoms with van der Waals surface area (Å²) in [5, 5.41) is 10.4. The fourth-order valence-corrected chi connectivity index (χ4v) is 3.14. The molecule has 0 aliphatic heterocycles. The minimum absolute atomic E-state index is 0.0896. The standard InChI is InChI=1S/C18H16BrNO3/c1-20(10-12-4-2-3-5-16(12)19)11-13-8-18(22)23-17-9-14(21)6-7-15(13)17/h2-9,21H,10-11H2,1H3/p+1. The molecular weight excluding hydrogens is 358 g/mol. The van der Waals surface area contributed by atoms with E-state index in [1.54, 1.807) is 12.1 Å². The molecule has 118 valence electrons. The van der Waals surface area contributed by atoms with Gasteiger partial charge in [0.25, 0.3) is 0 Å². The molecule has 0 saturated heterocycles. The third kappa shape index (κ3) is 3.63. The van der Waals surface area contributed by atoms with Gasteiger partial charge >= 0.3 is 5.63 Å². The first-order valence-electron chi connectivity index (χ1n) is 7.33. The van der Waals surface area contributed by atoms with Crippen LogP contribution in [0.2, 0.25) is 0 Å². The summed E-state index contributed by atoms with van der Waals surface area (Å²) in [6.45, 7) is 1.52. The van der Waals surface area contributed by atoms with Gasteiger partial charge in [0.15, 0.2) is 0 Å². The van der Waals surface area contributed by atoms with E-state index in [1.807, 2.05) is 18.2 Å². The van der Waals surface area contributed by atoms with Gasteiger partial charge in [0.05, 0.1) is 7.05 Å². The van der Waals surface area contributed by atoms with Crippen LogP contribution in [0, 0.1) is 0 Å². The van der Waals surface area contributed by atoms with E-state index in [-0.39, 0.29) is 5.75 Å². The fraction of sp³-hybridized carbons (Fsp3) is 0.167. The molecule has 1 heterocycles. The van der Waals surface area contributed by atoms with Gasteiger partial charge < -0.3 is 14.4 Å². The minimum Gasteiger partial charge on any atom is -0.508 e. The fourth-order valence-electron chi connectivity index (χ4n) is 2.72. The van der Waals surface area contributed by atoms with Crippen LogP contribution >= 0.6 is 15.9 Å². The van der Waals surface area contributed by atoms with Gasteiger partial charge in [0.2, 0.25) is 0 Å². The number of aromatic hydroxyl groups is 1. The number of fused-ring (bicyclic) bond motifs is 1. The third-order valence-corrected chi connectivity index (χ3v) is 4.53. The molecule has 0 aliphatic carbocycles. The highest BCUT2D eigenvalue weighted by Gasteiger charge is 2.12. The second-order valence-corrected chi connectivity index (χ2v) is 6.53. The largest absolute Gasteiger partial charge is 0.508 e. The molecule has 3 aromatic rings. The normalized spacial score (nSPS) is 12.4. The molecule has 0 radical (unpaired) electrons. The summed E-state index contributed by atoms with van der Waals surface area (Å²) in [5.74, 6) is 0.0896. The minimum atomic E-state index is -0.396. The number of rotatable bonds is 4. The van der Waals surface area contributed by atoms with Crippen molar-refractivity contribution < 1.29 is 14.4 Å². The summed E-state index contributed by atoms with van der Waals surface area (Å²) >= 11 is 3.56. The molecule has 23 heavy (non-hydrogen) atoms. The Kier molecular flexibility index (Phi) is 4.50. The molecule has 1 unspecified atom stereocenters. The Morgan fingerprint density at radius 1 is 1.09 bits per heavy atom. The molecule has 0 aliphatic rings. The highest BCUT2D eigenvalue weighted by molar-refractivity contribution is 9.10. The highest BCUT2D eigenvalue weighted by atomic mass is 79.9. The molecule has 0 amide bonds. The maximum Gasteiger partial charge on any atom is 0.336 e. The van der Waals surface area contributed by atoms with Crippen molar-refractivity contribution in [3.05, 3.63) is 74.6 Å². The van der Waals surface area contributed by atoms with Crippen LogP contribution in [-0.4, -0.2) is 12.2 Å². The SMILES string of the molecule is C[NH+](Cc1ccccc1Br)Cc1cc(=O)oc2cc(O)ccc12. The molecule has 2 N–H and O–H groups in total. The van der Waals surface area contributed by atoms with Crippen LogP contribution in [0.25, 0.3) is 11.0 Å². The summed E-state index contributed by atoms with van der Waals surface area (Å²) in [7, 11) is 2.08. The van der Waals surface area contributed by atoms with E-state index in [4.69, 9.17) is 4.42 Å². The summed E-state index contributed by atoms with van der Waals surface area (Å²) in [5.41, 5.74) is 2.16. The molecule has 0 bridgehead atoms. The van der Waals surface area contributed by atoms with Crippen LogP contribution in [-0.2, 0) is 13.1 Å². The van der Waals surface area contributed by atoms with Crippen molar-refractivity contribution >= 4 is 26.9 Å². The van der Waals surface area contributed by atoms with E-state index in [1.165, 1.54) is 22.6 Å². The Bertz CT molecular complexity index is 904. The molecule has 0 fully saturated rings. The number of phenolic OH excluding ortho intramolecular Hbond substituents is 1. The first-order chi connectivity index (χ1) is 11.0. The Hall–Kier alpha value is -2.11. The van der Waals surface area contributed by atoms with E-state index in [0.29, 0.717) is 12.1 Å². The Labute approximate surface area is 142 Å². The lowest BCUT2D eigenvalue weighted by molar-refractivity contribution is -0.907. The van der Waals surface area contributed by atoms with Gasteiger partial charge in [0, 0.05) is 33.1 Å². The average molecular weight is 375 g/mol. The van der Waals surface area contributed by atoms with Crippen LogP contribution in [0.3, 0.4) is 0 Å². The maximum absolute atomic E-state index is 11.7. The molecule has 2 aromatic carbocycles. The lowest BCUT2D eigenvalue weighted by Gasteiger charge is -2.16. The van der Waals surface area contributed by atoms with Crippen LogP contribution < -0.4 is 10.5 Å². The lowest BCUT2D eigenvalue weighted by atomic mass is 10.1. The van der Waals surface area contributed by atoms with Crippen molar-refractivity contribution in [2.45, 2.75) is 13.1 Å². The second-order valence-electron chi connectivity index (χ2n) is 5.67. The third-order valence-electron chi connectivity index (χ3n) is 3.76. The van der Waals surface area contributed by atoms with E-state index in [2.05, 4.69) is 29.0 Å². The Morgan fingerprint density at radius 3 is 2.61 bits per heavy atom. The van der Waals surface area contributed by atoms with Crippen molar-refractivity contribution in [1.29, 1.82) is 0 Å². The molecule has 0 spiro atoms. The van der Waals surface area contributed by atoms with Crippen LogP contribution in [0.15, 0.2) is 62.2 Å². The van der Waals surface area contributed by atoms with E-state index in [9.17, 15) is 9.90 Å². The smallest absolute Gasteiger partial charge is 0.336 e. The molecule has 3 rings (SSSR count). The maximum atomic E-state index is 11.7. The number of quaternary nitrogens is 1. The van der Waals surface area contributed by atoms with Crippen molar-refractivity contribution in [1.82, 2.24) is 0 Å².